The zero-order valence-electron chi connectivity index (χ0n) is 15.5. The van der Waals surface area contributed by atoms with Gasteiger partial charge in [-0.15, -0.1) is 0 Å². The minimum absolute atomic E-state index is 0.200. The zero-order valence-corrected chi connectivity index (χ0v) is 15.5. The highest BCUT2D eigenvalue weighted by atomic mass is 16.5. The van der Waals surface area contributed by atoms with E-state index in [0.29, 0.717) is 32.3 Å². The van der Waals surface area contributed by atoms with Crippen LogP contribution in [0.4, 0.5) is 0 Å². The van der Waals surface area contributed by atoms with Crippen molar-refractivity contribution in [1.29, 1.82) is 0 Å². The van der Waals surface area contributed by atoms with E-state index in [1.54, 1.807) is 0 Å². The van der Waals surface area contributed by atoms with E-state index in [4.69, 9.17) is 14.7 Å². The summed E-state index contributed by atoms with van der Waals surface area (Å²) in [5, 5.41) is 9.03. The highest BCUT2D eigenvalue weighted by molar-refractivity contribution is 4.81. The van der Waals surface area contributed by atoms with Crippen LogP contribution < -0.4 is 5.48 Å². The molecule has 2 N–H and O–H groups in total. The van der Waals surface area contributed by atoms with Crippen molar-refractivity contribution in [3.05, 3.63) is 0 Å². The maximum Gasteiger partial charge on any atom is 0.0700 e. The SMILES string of the molecule is CCC(CC)CCOCCOCC(CNO)C(C)(CC)CC. The van der Waals surface area contributed by atoms with Crippen LogP contribution in [0.25, 0.3) is 0 Å². The summed E-state index contributed by atoms with van der Waals surface area (Å²) < 4.78 is 11.4. The molecule has 134 valence electrons. The Kier molecular flexibility index (Phi) is 13.2. The number of rotatable bonds is 15. The third kappa shape index (κ3) is 8.47. The highest BCUT2D eigenvalue weighted by Crippen LogP contribution is 2.34. The molecule has 0 radical (unpaired) electrons. The van der Waals surface area contributed by atoms with Crippen LogP contribution in [0.5, 0.6) is 0 Å². The Hall–Kier alpha value is -0.160. The van der Waals surface area contributed by atoms with Crippen LogP contribution in [0.3, 0.4) is 0 Å². The fourth-order valence-electron chi connectivity index (χ4n) is 2.84. The molecule has 0 saturated carbocycles. The quantitative estimate of drug-likeness (QED) is 0.350. The van der Waals surface area contributed by atoms with Gasteiger partial charge in [0, 0.05) is 19.1 Å². The van der Waals surface area contributed by atoms with Crippen molar-refractivity contribution >= 4 is 0 Å². The standard InChI is InChI=1S/C18H39NO3/c1-6-16(7-2)10-11-21-12-13-22-15-17(14-19-20)18(5,8-3)9-4/h16-17,19-20H,6-15H2,1-5H3. The van der Waals surface area contributed by atoms with E-state index < -0.39 is 0 Å². The van der Waals surface area contributed by atoms with Crippen LogP contribution in [0.2, 0.25) is 0 Å². The van der Waals surface area contributed by atoms with E-state index in [1.165, 1.54) is 12.8 Å². The van der Waals surface area contributed by atoms with Crippen molar-refractivity contribution in [3.63, 3.8) is 0 Å². The third-order valence-electron chi connectivity index (χ3n) is 5.45. The molecule has 0 heterocycles. The lowest BCUT2D eigenvalue weighted by atomic mass is 9.73. The van der Waals surface area contributed by atoms with Crippen LogP contribution >= 0.6 is 0 Å². The van der Waals surface area contributed by atoms with Crippen molar-refractivity contribution in [1.82, 2.24) is 5.48 Å². The summed E-state index contributed by atoms with van der Waals surface area (Å²) in [6.45, 7) is 14.5. The summed E-state index contributed by atoms with van der Waals surface area (Å²) >= 11 is 0. The van der Waals surface area contributed by atoms with Crippen molar-refractivity contribution in [3.8, 4) is 0 Å². The third-order valence-corrected chi connectivity index (χ3v) is 5.45. The molecule has 0 aliphatic heterocycles. The molecule has 0 aliphatic carbocycles. The Bertz CT molecular complexity index is 240. The normalized spacial score (nSPS) is 13.8. The van der Waals surface area contributed by atoms with E-state index in [-0.39, 0.29) is 5.41 Å². The van der Waals surface area contributed by atoms with Crippen molar-refractivity contribution in [2.24, 2.45) is 17.3 Å². The van der Waals surface area contributed by atoms with Gasteiger partial charge in [-0.2, -0.15) is 0 Å². The molecule has 0 spiro atoms. The largest absolute Gasteiger partial charge is 0.379 e. The fourth-order valence-corrected chi connectivity index (χ4v) is 2.84. The first-order valence-electron chi connectivity index (χ1n) is 9.10. The molecule has 0 fully saturated rings. The Morgan fingerprint density at radius 2 is 1.55 bits per heavy atom. The van der Waals surface area contributed by atoms with E-state index >= 15 is 0 Å². The first kappa shape index (κ1) is 21.8. The van der Waals surface area contributed by atoms with Gasteiger partial charge in [-0.05, 0) is 17.8 Å². The Morgan fingerprint density at radius 3 is 2.05 bits per heavy atom. The Balaban J connectivity index is 3.86. The van der Waals surface area contributed by atoms with Gasteiger partial charge in [-0.3, -0.25) is 0 Å². The van der Waals surface area contributed by atoms with Crippen LogP contribution in [0.1, 0.15) is 66.7 Å². The Labute approximate surface area is 137 Å². The molecule has 0 aliphatic rings. The Morgan fingerprint density at radius 1 is 0.955 bits per heavy atom. The summed E-state index contributed by atoms with van der Waals surface area (Å²) in [4.78, 5) is 0. The molecular weight excluding hydrogens is 278 g/mol. The van der Waals surface area contributed by atoms with Crippen molar-refractivity contribution in [2.75, 3.05) is 33.0 Å². The molecule has 0 saturated heterocycles. The highest BCUT2D eigenvalue weighted by Gasteiger charge is 2.30. The lowest BCUT2D eigenvalue weighted by Crippen LogP contribution is -2.37. The van der Waals surface area contributed by atoms with E-state index in [2.05, 4.69) is 40.1 Å². The zero-order chi connectivity index (χ0) is 16.8. The predicted octanol–water partition coefficient (Wildman–Crippen LogP) is 4.27. The monoisotopic (exact) mass is 317 g/mol. The van der Waals surface area contributed by atoms with Gasteiger partial charge in [0.1, 0.15) is 0 Å². The van der Waals surface area contributed by atoms with Gasteiger partial charge in [0.2, 0.25) is 0 Å². The average molecular weight is 318 g/mol. The first-order chi connectivity index (χ1) is 10.6. The molecule has 1 atom stereocenters. The second kappa shape index (κ2) is 13.3. The molecule has 1 unspecified atom stereocenters. The van der Waals surface area contributed by atoms with E-state index in [1.807, 2.05) is 0 Å². The number of ether oxygens (including phenoxy) is 2. The van der Waals surface area contributed by atoms with Gasteiger partial charge < -0.3 is 14.7 Å². The first-order valence-corrected chi connectivity index (χ1v) is 9.10. The average Bonchev–Trinajstić information content (AvgIpc) is 2.55. The van der Waals surface area contributed by atoms with Gasteiger partial charge in [0.05, 0.1) is 19.8 Å². The molecule has 4 heteroatoms. The van der Waals surface area contributed by atoms with Crippen LogP contribution in [-0.4, -0.2) is 38.2 Å². The molecule has 0 rings (SSSR count). The molecule has 22 heavy (non-hydrogen) atoms. The molecule has 0 aromatic heterocycles. The van der Waals surface area contributed by atoms with Crippen LogP contribution in [0, 0.1) is 17.3 Å². The van der Waals surface area contributed by atoms with Gasteiger partial charge in [-0.25, -0.2) is 5.48 Å². The van der Waals surface area contributed by atoms with E-state index in [0.717, 1.165) is 31.8 Å². The smallest absolute Gasteiger partial charge is 0.0700 e. The molecule has 0 bridgehead atoms. The number of hydroxylamine groups is 1. The fraction of sp³-hybridized carbons (Fsp3) is 1.00. The molecule has 0 aromatic rings. The van der Waals surface area contributed by atoms with Gasteiger partial charge in [0.25, 0.3) is 0 Å². The summed E-state index contributed by atoms with van der Waals surface area (Å²) in [5.41, 5.74) is 2.52. The number of hydrogen-bond acceptors (Lipinski definition) is 4. The van der Waals surface area contributed by atoms with Gasteiger partial charge in [0.15, 0.2) is 0 Å². The summed E-state index contributed by atoms with van der Waals surface area (Å²) in [6, 6.07) is 0. The second-order valence-electron chi connectivity index (χ2n) is 6.58. The minimum atomic E-state index is 0.200. The molecular formula is C18H39NO3. The number of nitrogens with one attached hydrogen (secondary N) is 1. The van der Waals surface area contributed by atoms with Crippen LogP contribution in [-0.2, 0) is 9.47 Å². The summed E-state index contributed by atoms with van der Waals surface area (Å²) in [7, 11) is 0. The molecule has 0 aromatic carbocycles. The second-order valence-corrected chi connectivity index (χ2v) is 6.58. The number of hydrogen-bond donors (Lipinski definition) is 2. The summed E-state index contributed by atoms with van der Waals surface area (Å²) in [6.07, 6.45) is 5.79. The summed E-state index contributed by atoms with van der Waals surface area (Å²) in [5.74, 6) is 1.10. The van der Waals surface area contributed by atoms with Gasteiger partial charge >= 0.3 is 0 Å². The van der Waals surface area contributed by atoms with E-state index in [9.17, 15) is 0 Å². The van der Waals surface area contributed by atoms with Crippen molar-refractivity contribution in [2.45, 2.75) is 66.7 Å². The minimum Gasteiger partial charge on any atom is -0.379 e. The molecule has 0 amide bonds. The van der Waals surface area contributed by atoms with Crippen LogP contribution in [0.15, 0.2) is 0 Å². The van der Waals surface area contributed by atoms with Gasteiger partial charge in [-0.1, -0.05) is 60.3 Å². The topological polar surface area (TPSA) is 50.7 Å². The van der Waals surface area contributed by atoms with Crippen molar-refractivity contribution < 1.29 is 14.7 Å². The lowest BCUT2D eigenvalue weighted by Gasteiger charge is -2.36. The maximum absolute atomic E-state index is 9.03. The molecule has 4 nitrogen and oxygen atoms in total. The lowest BCUT2D eigenvalue weighted by molar-refractivity contribution is -0.00953. The predicted molar refractivity (Wildman–Crippen MR) is 92.3 cm³/mol. The maximum atomic E-state index is 9.03.